The summed E-state index contributed by atoms with van der Waals surface area (Å²) >= 11 is 6.21. The minimum atomic E-state index is -3.72. The molecule has 1 saturated heterocycles. The largest absolute Gasteiger partial charge is 0.497 e. The van der Waals surface area contributed by atoms with Crippen LogP contribution in [0.5, 0.6) is 11.5 Å². The van der Waals surface area contributed by atoms with E-state index in [1.165, 1.54) is 16.4 Å². The minimum Gasteiger partial charge on any atom is -0.497 e. The van der Waals surface area contributed by atoms with Crippen LogP contribution >= 0.6 is 11.6 Å². The molecule has 1 fully saturated rings. The summed E-state index contributed by atoms with van der Waals surface area (Å²) in [4.78, 5) is 0.134. The molecule has 1 aliphatic rings. The maximum absolute atomic E-state index is 13.2. The zero-order valence-electron chi connectivity index (χ0n) is 17.8. The predicted molar refractivity (Wildman–Crippen MR) is 120 cm³/mol. The molecular formula is C22H24ClN3O5S. The lowest BCUT2D eigenvalue weighted by atomic mass is 10.00. The molecule has 0 amide bonds. The standard InChI is InChI=1S/C22H24ClN3O5S/c1-3-30-20-10-9-18(13-19(20)23)32(27,28)26-11-5-7-16(14-26)22-25-24-21(31-22)15-6-4-8-17(12-15)29-2/h4,6,8-10,12-13,16H,3,5,7,11,14H2,1-2H3. The van der Waals surface area contributed by atoms with Crippen molar-refractivity contribution in [3.8, 4) is 23.0 Å². The average Bonchev–Trinajstić information content (AvgIpc) is 3.31. The maximum atomic E-state index is 13.2. The molecule has 0 radical (unpaired) electrons. The Bertz CT molecular complexity index is 1200. The highest BCUT2D eigenvalue weighted by Gasteiger charge is 2.33. The molecule has 10 heteroatoms. The van der Waals surface area contributed by atoms with E-state index in [1.807, 2.05) is 31.2 Å². The topological polar surface area (TPSA) is 94.8 Å². The molecule has 32 heavy (non-hydrogen) atoms. The van der Waals surface area contributed by atoms with Crippen molar-refractivity contribution >= 4 is 21.6 Å². The maximum Gasteiger partial charge on any atom is 0.247 e. The van der Waals surface area contributed by atoms with Crippen molar-refractivity contribution in [2.45, 2.75) is 30.6 Å². The summed E-state index contributed by atoms with van der Waals surface area (Å²) in [5.74, 6) is 1.75. The van der Waals surface area contributed by atoms with E-state index in [0.29, 0.717) is 42.9 Å². The van der Waals surface area contributed by atoms with Gasteiger partial charge in [0.25, 0.3) is 0 Å². The van der Waals surface area contributed by atoms with E-state index in [9.17, 15) is 8.42 Å². The number of benzene rings is 2. The molecule has 1 atom stereocenters. The first-order valence-corrected chi connectivity index (χ1v) is 12.1. The summed E-state index contributed by atoms with van der Waals surface area (Å²) in [5, 5.41) is 8.61. The highest BCUT2D eigenvalue weighted by molar-refractivity contribution is 7.89. The van der Waals surface area contributed by atoms with Gasteiger partial charge >= 0.3 is 0 Å². The quantitative estimate of drug-likeness (QED) is 0.498. The molecule has 0 aliphatic carbocycles. The third-order valence-electron chi connectivity index (χ3n) is 5.33. The Morgan fingerprint density at radius 3 is 2.81 bits per heavy atom. The van der Waals surface area contributed by atoms with Gasteiger partial charge in [-0.25, -0.2) is 8.42 Å². The number of halogens is 1. The Hall–Kier alpha value is -2.62. The number of ether oxygens (including phenoxy) is 2. The third kappa shape index (κ3) is 4.60. The Labute approximate surface area is 192 Å². The zero-order chi connectivity index (χ0) is 22.7. The van der Waals surface area contributed by atoms with Gasteiger partial charge in [-0.1, -0.05) is 17.7 Å². The van der Waals surface area contributed by atoms with Crippen LogP contribution in [-0.2, 0) is 10.0 Å². The first-order valence-electron chi connectivity index (χ1n) is 10.3. The predicted octanol–water partition coefficient (Wildman–Crippen LogP) is 4.37. The van der Waals surface area contributed by atoms with Crippen LogP contribution in [0.25, 0.3) is 11.5 Å². The molecule has 2 heterocycles. The lowest BCUT2D eigenvalue weighted by molar-refractivity contribution is 0.286. The van der Waals surface area contributed by atoms with E-state index >= 15 is 0 Å². The highest BCUT2D eigenvalue weighted by Crippen LogP contribution is 2.33. The van der Waals surface area contributed by atoms with Crippen molar-refractivity contribution in [1.29, 1.82) is 0 Å². The molecule has 170 valence electrons. The van der Waals surface area contributed by atoms with Gasteiger partial charge in [-0.3, -0.25) is 0 Å². The van der Waals surface area contributed by atoms with Crippen LogP contribution in [0.15, 0.2) is 51.8 Å². The van der Waals surface area contributed by atoms with E-state index in [0.717, 1.165) is 12.0 Å². The van der Waals surface area contributed by atoms with Crippen molar-refractivity contribution in [1.82, 2.24) is 14.5 Å². The number of rotatable bonds is 7. The number of sulfonamides is 1. The second-order valence-electron chi connectivity index (χ2n) is 7.40. The van der Waals surface area contributed by atoms with Crippen molar-refractivity contribution in [3.63, 3.8) is 0 Å². The van der Waals surface area contributed by atoms with Gasteiger partial charge in [-0.05, 0) is 56.2 Å². The van der Waals surface area contributed by atoms with E-state index < -0.39 is 10.0 Å². The van der Waals surface area contributed by atoms with Crippen LogP contribution in [-0.4, -0.2) is 49.7 Å². The molecule has 1 unspecified atom stereocenters. The Morgan fingerprint density at radius 2 is 2.06 bits per heavy atom. The highest BCUT2D eigenvalue weighted by atomic mass is 35.5. The van der Waals surface area contributed by atoms with Gasteiger partial charge in [0, 0.05) is 18.7 Å². The van der Waals surface area contributed by atoms with Crippen LogP contribution in [0.2, 0.25) is 5.02 Å². The number of aromatic nitrogens is 2. The summed E-state index contributed by atoms with van der Waals surface area (Å²) in [6, 6.07) is 11.9. The smallest absolute Gasteiger partial charge is 0.247 e. The van der Waals surface area contributed by atoms with E-state index in [-0.39, 0.29) is 22.4 Å². The van der Waals surface area contributed by atoms with Gasteiger partial charge in [-0.15, -0.1) is 10.2 Å². The van der Waals surface area contributed by atoms with E-state index in [4.69, 9.17) is 25.5 Å². The fourth-order valence-corrected chi connectivity index (χ4v) is 5.55. The van der Waals surface area contributed by atoms with Gasteiger partial charge in [0.1, 0.15) is 11.5 Å². The fraction of sp³-hybridized carbons (Fsp3) is 0.364. The summed E-state index contributed by atoms with van der Waals surface area (Å²) in [6.07, 6.45) is 1.45. The van der Waals surface area contributed by atoms with Crippen LogP contribution in [0.4, 0.5) is 0 Å². The molecule has 1 aliphatic heterocycles. The van der Waals surface area contributed by atoms with Crippen LogP contribution in [0.3, 0.4) is 0 Å². The van der Waals surface area contributed by atoms with Gasteiger partial charge < -0.3 is 13.9 Å². The first kappa shape index (κ1) is 22.6. The number of hydrogen-bond acceptors (Lipinski definition) is 7. The molecule has 2 aromatic carbocycles. The van der Waals surface area contributed by atoms with Crippen LogP contribution < -0.4 is 9.47 Å². The van der Waals surface area contributed by atoms with Crippen molar-refractivity contribution in [2.24, 2.45) is 0 Å². The third-order valence-corrected chi connectivity index (χ3v) is 7.49. The normalized spacial score (nSPS) is 17.3. The second-order valence-corrected chi connectivity index (χ2v) is 9.75. The SMILES string of the molecule is CCOc1ccc(S(=O)(=O)N2CCCC(c3nnc(-c4cccc(OC)c4)o3)C2)cc1Cl. The Balaban J connectivity index is 1.53. The molecule has 3 aromatic rings. The van der Waals surface area contributed by atoms with Gasteiger partial charge in [0.15, 0.2) is 0 Å². The zero-order valence-corrected chi connectivity index (χ0v) is 19.4. The lowest BCUT2D eigenvalue weighted by Crippen LogP contribution is -2.39. The Kier molecular flexibility index (Phi) is 6.68. The second kappa shape index (κ2) is 9.48. The molecule has 0 saturated carbocycles. The van der Waals surface area contributed by atoms with Crippen LogP contribution in [0.1, 0.15) is 31.6 Å². The summed E-state index contributed by atoms with van der Waals surface area (Å²) < 4.78 is 44.4. The molecule has 1 aromatic heterocycles. The fourth-order valence-electron chi connectivity index (χ4n) is 3.70. The van der Waals surface area contributed by atoms with Gasteiger partial charge in [0.2, 0.25) is 21.8 Å². The molecule has 0 spiro atoms. The van der Waals surface area contributed by atoms with Gasteiger partial charge in [-0.2, -0.15) is 4.31 Å². The first-order chi connectivity index (χ1) is 15.4. The number of methoxy groups -OCH3 is 1. The number of nitrogens with zero attached hydrogens (tertiary/aromatic N) is 3. The lowest BCUT2D eigenvalue weighted by Gasteiger charge is -2.30. The molecule has 0 N–H and O–H groups in total. The summed E-state index contributed by atoms with van der Waals surface area (Å²) in [6.45, 7) is 2.96. The minimum absolute atomic E-state index is 0.134. The van der Waals surface area contributed by atoms with Crippen molar-refractivity contribution in [2.75, 3.05) is 26.8 Å². The molecular weight excluding hydrogens is 454 g/mol. The monoisotopic (exact) mass is 477 g/mol. The molecule has 4 rings (SSSR count). The number of piperidine rings is 1. The van der Waals surface area contributed by atoms with E-state index in [2.05, 4.69) is 10.2 Å². The number of hydrogen-bond donors (Lipinski definition) is 0. The Morgan fingerprint density at radius 1 is 1.22 bits per heavy atom. The molecule has 0 bridgehead atoms. The summed E-state index contributed by atoms with van der Waals surface area (Å²) in [7, 11) is -2.13. The van der Waals surface area contributed by atoms with Crippen LogP contribution in [0, 0.1) is 0 Å². The summed E-state index contributed by atoms with van der Waals surface area (Å²) in [5.41, 5.74) is 0.743. The van der Waals surface area contributed by atoms with Crippen molar-refractivity contribution in [3.05, 3.63) is 53.4 Å². The van der Waals surface area contributed by atoms with E-state index in [1.54, 1.807) is 13.2 Å². The average molecular weight is 478 g/mol. The van der Waals surface area contributed by atoms with Crippen molar-refractivity contribution < 1.29 is 22.3 Å². The van der Waals surface area contributed by atoms with Gasteiger partial charge in [0.05, 0.1) is 29.6 Å². The molecule has 8 nitrogen and oxygen atoms in total.